The van der Waals surface area contributed by atoms with Crippen molar-refractivity contribution in [1.29, 1.82) is 0 Å². The molecule has 8 rings (SSSR count). The van der Waals surface area contributed by atoms with Gasteiger partial charge in [-0.25, -0.2) is 9.37 Å². The molecule has 2 aromatic carbocycles. The Labute approximate surface area is 253 Å². The van der Waals surface area contributed by atoms with Crippen LogP contribution < -0.4 is 15.0 Å². The van der Waals surface area contributed by atoms with E-state index >= 15 is 0 Å². The number of nitrogens with zero attached hydrogens (tertiary/aromatic N) is 4. The molecule has 4 aliphatic rings. The Morgan fingerprint density at radius 3 is 2.71 bits per heavy atom. The third-order valence-corrected chi connectivity index (χ3v) is 10.3. The second-order valence-corrected chi connectivity index (χ2v) is 13.2. The highest BCUT2D eigenvalue weighted by Crippen LogP contribution is 2.43. The summed E-state index contributed by atoms with van der Waals surface area (Å²) >= 11 is 13.6. The first kappa shape index (κ1) is 26.7. The number of aromatic nitrogens is 2. The lowest BCUT2D eigenvalue weighted by Gasteiger charge is -2.35. The molecule has 10 heteroatoms. The van der Waals surface area contributed by atoms with Crippen molar-refractivity contribution in [3.8, 4) is 22.9 Å². The molecule has 4 aromatic rings. The molecule has 0 radical (unpaired) electrons. The maximum absolute atomic E-state index is 14.4. The van der Waals surface area contributed by atoms with Crippen molar-refractivity contribution in [1.82, 2.24) is 20.2 Å². The molecule has 2 N–H and O–H groups in total. The summed E-state index contributed by atoms with van der Waals surface area (Å²) in [6.07, 6.45) is 3.95. The van der Waals surface area contributed by atoms with E-state index in [4.69, 9.17) is 37.9 Å². The van der Waals surface area contributed by atoms with Crippen molar-refractivity contribution in [2.75, 3.05) is 37.7 Å². The molecule has 0 amide bonds. The predicted molar refractivity (Wildman–Crippen MR) is 165 cm³/mol. The second kappa shape index (κ2) is 10.1. The second-order valence-electron chi connectivity index (χ2n) is 12.4. The van der Waals surface area contributed by atoms with E-state index in [2.05, 4.69) is 15.1 Å². The fourth-order valence-corrected chi connectivity index (χ4v) is 8.33. The Bertz CT molecular complexity index is 1710. The van der Waals surface area contributed by atoms with Crippen LogP contribution in [-0.4, -0.2) is 76.6 Å². The Kier molecular flexibility index (Phi) is 6.41. The highest BCUT2D eigenvalue weighted by molar-refractivity contribution is 6.38. The average molecular weight is 609 g/mol. The normalized spacial score (nSPS) is 27.3. The van der Waals surface area contributed by atoms with Crippen molar-refractivity contribution in [2.24, 2.45) is 0 Å². The molecular formula is C32H32Cl2FN5O2. The van der Waals surface area contributed by atoms with Gasteiger partial charge in [0.2, 0.25) is 5.88 Å². The number of hydrogen-bond donors (Lipinski definition) is 2. The summed E-state index contributed by atoms with van der Waals surface area (Å²) in [5.74, 6) is 1.39. The third kappa shape index (κ3) is 4.46. The lowest BCUT2D eigenvalue weighted by atomic mass is 9.95. The first-order chi connectivity index (χ1) is 20.3. The van der Waals surface area contributed by atoms with Gasteiger partial charge in [-0.3, -0.25) is 4.90 Å². The van der Waals surface area contributed by atoms with E-state index < -0.39 is 6.17 Å². The maximum atomic E-state index is 14.4. The zero-order valence-corrected chi connectivity index (χ0v) is 24.6. The summed E-state index contributed by atoms with van der Waals surface area (Å²) in [7, 11) is 0. The van der Waals surface area contributed by atoms with Gasteiger partial charge >= 0.3 is 0 Å². The molecule has 4 aliphatic heterocycles. The van der Waals surface area contributed by atoms with Crippen LogP contribution in [0.2, 0.25) is 10.0 Å². The lowest BCUT2D eigenvalue weighted by Crippen LogP contribution is -2.51. The van der Waals surface area contributed by atoms with E-state index in [0.717, 1.165) is 67.3 Å². The van der Waals surface area contributed by atoms with E-state index in [0.29, 0.717) is 64.4 Å². The summed E-state index contributed by atoms with van der Waals surface area (Å²) in [5.41, 5.74) is 1.60. The standard InChI is InChI=1S/C32H32Cl2FN5O2/c33-25-4-1-3-18-9-22(41)10-24(29(18)25)30-26(34)11-23-27(37-30)12-28(38-31(23)39-15-20-5-6-21(16-39)36-20)42-17-32-7-2-8-40(32)14-19(35)13-32/h1,3-4,9-12,19-21,36,41H,2,5-8,13-17H2/t19-,20?,21?,32+/m1/s1. The Hall–Kier alpha value is -2.91. The fourth-order valence-electron chi connectivity index (χ4n) is 7.79. The number of nitrogens with one attached hydrogen (secondary N) is 1. The average Bonchev–Trinajstić information content (AvgIpc) is 3.61. The summed E-state index contributed by atoms with van der Waals surface area (Å²) < 4.78 is 20.9. The van der Waals surface area contributed by atoms with Gasteiger partial charge in [0.05, 0.1) is 21.8 Å². The van der Waals surface area contributed by atoms with Crippen LogP contribution >= 0.6 is 23.2 Å². The number of alkyl halides is 1. The number of anilines is 1. The molecule has 7 nitrogen and oxygen atoms in total. The minimum atomic E-state index is -0.819. The molecule has 4 atom stereocenters. The molecule has 218 valence electrons. The van der Waals surface area contributed by atoms with Crippen molar-refractivity contribution in [2.45, 2.75) is 55.9 Å². The van der Waals surface area contributed by atoms with Gasteiger partial charge in [-0.15, -0.1) is 0 Å². The Morgan fingerprint density at radius 1 is 1.05 bits per heavy atom. The molecule has 42 heavy (non-hydrogen) atoms. The monoisotopic (exact) mass is 607 g/mol. The molecule has 0 spiro atoms. The number of halogens is 3. The van der Waals surface area contributed by atoms with Crippen LogP contribution in [0.1, 0.15) is 32.1 Å². The number of phenols is 1. The first-order valence-electron chi connectivity index (χ1n) is 14.8. The summed E-state index contributed by atoms with van der Waals surface area (Å²) in [6, 6.07) is 13.5. The van der Waals surface area contributed by atoms with Crippen LogP contribution in [0.15, 0.2) is 42.5 Å². The largest absolute Gasteiger partial charge is 0.508 e. The van der Waals surface area contributed by atoms with Crippen molar-refractivity contribution in [3.63, 3.8) is 0 Å². The predicted octanol–water partition coefficient (Wildman–Crippen LogP) is 6.36. The summed E-state index contributed by atoms with van der Waals surface area (Å²) in [4.78, 5) is 14.7. The molecule has 2 bridgehead atoms. The number of fused-ring (bicyclic) bond motifs is 5. The third-order valence-electron chi connectivity index (χ3n) is 9.65. The number of benzene rings is 2. The van der Waals surface area contributed by atoms with E-state index in [-0.39, 0.29) is 11.3 Å². The molecule has 0 saturated carbocycles. The van der Waals surface area contributed by atoms with E-state index in [1.807, 2.05) is 30.3 Å². The minimum Gasteiger partial charge on any atom is -0.508 e. The van der Waals surface area contributed by atoms with E-state index in [9.17, 15) is 9.50 Å². The molecule has 4 fully saturated rings. The van der Waals surface area contributed by atoms with Crippen LogP contribution in [-0.2, 0) is 0 Å². The number of rotatable bonds is 5. The van der Waals surface area contributed by atoms with Gasteiger partial charge in [0, 0.05) is 65.6 Å². The Balaban J connectivity index is 1.25. The van der Waals surface area contributed by atoms with Crippen LogP contribution in [0.5, 0.6) is 11.6 Å². The van der Waals surface area contributed by atoms with Gasteiger partial charge in [0.15, 0.2) is 0 Å². The van der Waals surface area contributed by atoms with Crippen LogP contribution in [0.25, 0.3) is 32.9 Å². The van der Waals surface area contributed by atoms with Crippen LogP contribution in [0.3, 0.4) is 0 Å². The number of ether oxygens (including phenoxy) is 1. The van der Waals surface area contributed by atoms with Gasteiger partial charge in [-0.05, 0) is 61.9 Å². The van der Waals surface area contributed by atoms with Gasteiger partial charge < -0.3 is 20.1 Å². The molecule has 4 saturated heterocycles. The fraction of sp³-hybridized carbons (Fsp3) is 0.438. The summed E-state index contributed by atoms with van der Waals surface area (Å²) in [6.45, 7) is 3.47. The van der Waals surface area contributed by atoms with Crippen molar-refractivity contribution < 1.29 is 14.2 Å². The smallest absolute Gasteiger partial charge is 0.217 e. The van der Waals surface area contributed by atoms with E-state index in [1.54, 1.807) is 12.1 Å². The van der Waals surface area contributed by atoms with Crippen LogP contribution in [0, 0.1) is 0 Å². The van der Waals surface area contributed by atoms with Crippen LogP contribution in [0.4, 0.5) is 10.2 Å². The summed E-state index contributed by atoms with van der Waals surface area (Å²) in [5, 5.41) is 17.7. The Morgan fingerprint density at radius 2 is 1.88 bits per heavy atom. The highest BCUT2D eigenvalue weighted by Gasteiger charge is 2.49. The number of piperazine rings is 1. The molecule has 6 heterocycles. The van der Waals surface area contributed by atoms with Gasteiger partial charge in [-0.1, -0.05) is 35.3 Å². The quantitative estimate of drug-likeness (QED) is 0.273. The minimum absolute atomic E-state index is 0.108. The van der Waals surface area contributed by atoms with Crippen molar-refractivity contribution >= 4 is 50.7 Å². The van der Waals surface area contributed by atoms with Gasteiger partial charge in [0.1, 0.15) is 24.3 Å². The highest BCUT2D eigenvalue weighted by atomic mass is 35.5. The first-order valence-corrected chi connectivity index (χ1v) is 15.6. The zero-order valence-electron chi connectivity index (χ0n) is 23.1. The number of pyridine rings is 2. The SMILES string of the molecule is Oc1cc(-c2nc3cc(OC[C@@]45CCCN4C[C@H](F)C5)nc(N4CC5CCC(C4)N5)c3cc2Cl)c2c(Cl)cccc2c1. The maximum Gasteiger partial charge on any atom is 0.217 e. The van der Waals surface area contributed by atoms with Crippen molar-refractivity contribution in [3.05, 3.63) is 52.5 Å². The molecule has 2 unspecified atom stereocenters. The topological polar surface area (TPSA) is 73.8 Å². The number of aromatic hydroxyl groups is 1. The number of phenolic OH excluding ortho intramolecular Hbond substituents is 1. The van der Waals surface area contributed by atoms with Gasteiger partial charge in [0.25, 0.3) is 0 Å². The van der Waals surface area contributed by atoms with E-state index in [1.165, 1.54) is 0 Å². The molecule has 0 aliphatic carbocycles. The molecule has 2 aromatic heterocycles. The van der Waals surface area contributed by atoms with Gasteiger partial charge in [-0.2, -0.15) is 4.98 Å². The molecular weight excluding hydrogens is 576 g/mol. The zero-order chi connectivity index (χ0) is 28.6. The lowest BCUT2D eigenvalue weighted by molar-refractivity contribution is 0.111. The number of hydrogen-bond acceptors (Lipinski definition) is 7.